The molecule has 96 valence electrons. The number of hydrogen-bond donors (Lipinski definition) is 1. The summed E-state index contributed by atoms with van der Waals surface area (Å²) in [6.45, 7) is 2.27. The van der Waals surface area contributed by atoms with Crippen molar-refractivity contribution in [1.29, 1.82) is 0 Å². The number of aliphatic hydroxyl groups excluding tert-OH is 1. The van der Waals surface area contributed by atoms with E-state index in [1.54, 1.807) is 11.8 Å². The first-order valence-corrected chi connectivity index (χ1v) is 7.03. The predicted octanol–water partition coefficient (Wildman–Crippen LogP) is 2.66. The molecule has 0 saturated heterocycles. The molecule has 0 spiro atoms. The smallest absolute Gasteiger partial charge is 0.247 e. The molecule has 1 aromatic carbocycles. The van der Waals surface area contributed by atoms with E-state index in [2.05, 4.69) is 10.2 Å². The van der Waals surface area contributed by atoms with Crippen LogP contribution < -0.4 is 0 Å². The lowest BCUT2D eigenvalue weighted by molar-refractivity contribution is 0.296. The Balaban J connectivity index is 1.95. The predicted molar refractivity (Wildman–Crippen MR) is 72.3 cm³/mol. The molecule has 0 aliphatic rings. The van der Waals surface area contributed by atoms with E-state index in [9.17, 15) is 0 Å². The maximum Gasteiger partial charge on any atom is 0.247 e. The van der Waals surface area contributed by atoms with E-state index in [0.717, 1.165) is 17.7 Å². The molecule has 0 bridgehead atoms. The molecule has 0 unspecified atom stereocenters. The van der Waals surface area contributed by atoms with Crippen LogP contribution in [0, 0.1) is 6.92 Å². The van der Waals surface area contributed by atoms with Crippen molar-refractivity contribution < 1.29 is 9.52 Å². The number of aryl methyl sites for hydroxylation is 1. The highest BCUT2D eigenvalue weighted by atomic mass is 32.2. The molecular formula is C13H16N2O2S. The van der Waals surface area contributed by atoms with Gasteiger partial charge in [0.05, 0.1) is 5.75 Å². The molecule has 1 heterocycles. The van der Waals surface area contributed by atoms with Crippen molar-refractivity contribution in [3.63, 3.8) is 0 Å². The molecule has 5 heteroatoms. The lowest BCUT2D eigenvalue weighted by atomic mass is 10.1. The summed E-state index contributed by atoms with van der Waals surface area (Å²) in [5, 5.41) is 16.7. The van der Waals surface area contributed by atoms with Crippen molar-refractivity contribution >= 4 is 11.8 Å². The molecule has 0 aliphatic heterocycles. The SMILES string of the molecule is Cc1ccc(-c2nnc(CSCCCO)o2)cc1. The Morgan fingerprint density at radius 2 is 2.00 bits per heavy atom. The van der Waals surface area contributed by atoms with Crippen molar-refractivity contribution in [1.82, 2.24) is 10.2 Å². The summed E-state index contributed by atoms with van der Waals surface area (Å²) in [4.78, 5) is 0. The van der Waals surface area contributed by atoms with Gasteiger partial charge in [-0.2, -0.15) is 11.8 Å². The van der Waals surface area contributed by atoms with Gasteiger partial charge in [0.25, 0.3) is 0 Å². The molecule has 0 radical (unpaired) electrons. The fourth-order valence-electron chi connectivity index (χ4n) is 1.45. The first-order valence-electron chi connectivity index (χ1n) is 5.87. The second-order valence-corrected chi connectivity index (χ2v) is 5.10. The average molecular weight is 264 g/mol. The van der Waals surface area contributed by atoms with Crippen LogP contribution in [0.4, 0.5) is 0 Å². The molecule has 2 aromatic rings. The second kappa shape index (κ2) is 6.56. The van der Waals surface area contributed by atoms with E-state index in [1.807, 2.05) is 31.2 Å². The first kappa shape index (κ1) is 13.1. The zero-order valence-electron chi connectivity index (χ0n) is 10.3. The molecular weight excluding hydrogens is 248 g/mol. The Bertz CT molecular complexity index is 482. The molecule has 0 aliphatic carbocycles. The van der Waals surface area contributed by atoms with E-state index in [1.165, 1.54) is 5.56 Å². The lowest BCUT2D eigenvalue weighted by Gasteiger charge is -1.96. The van der Waals surface area contributed by atoms with E-state index in [0.29, 0.717) is 17.5 Å². The summed E-state index contributed by atoms with van der Waals surface area (Å²) < 4.78 is 5.58. The van der Waals surface area contributed by atoms with E-state index >= 15 is 0 Å². The third kappa shape index (κ3) is 3.58. The van der Waals surface area contributed by atoms with Gasteiger partial charge in [-0.3, -0.25) is 0 Å². The van der Waals surface area contributed by atoms with Crippen LogP contribution in [0.5, 0.6) is 0 Å². The zero-order valence-corrected chi connectivity index (χ0v) is 11.1. The highest BCUT2D eigenvalue weighted by Gasteiger charge is 2.07. The van der Waals surface area contributed by atoms with Crippen LogP contribution in [0.15, 0.2) is 28.7 Å². The number of aliphatic hydroxyl groups is 1. The number of benzene rings is 1. The number of aromatic nitrogens is 2. The van der Waals surface area contributed by atoms with E-state index < -0.39 is 0 Å². The largest absolute Gasteiger partial charge is 0.420 e. The van der Waals surface area contributed by atoms with Crippen LogP contribution in [-0.4, -0.2) is 27.7 Å². The van der Waals surface area contributed by atoms with Gasteiger partial charge in [0, 0.05) is 12.2 Å². The molecule has 1 N–H and O–H groups in total. The quantitative estimate of drug-likeness (QED) is 0.813. The fourth-order valence-corrected chi connectivity index (χ4v) is 2.22. The molecule has 1 aromatic heterocycles. The standard InChI is InChI=1S/C13H16N2O2S/c1-10-3-5-11(6-4-10)13-15-14-12(17-13)9-18-8-2-7-16/h3-6,16H,2,7-9H2,1H3. The van der Waals surface area contributed by atoms with Gasteiger partial charge in [0.15, 0.2) is 0 Å². The molecule has 18 heavy (non-hydrogen) atoms. The minimum atomic E-state index is 0.228. The van der Waals surface area contributed by atoms with Crippen LogP contribution in [0.2, 0.25) is 0 Å². The minimum absolute atomic E-state index is 0.228. The third-order valence-electron chi connectivity index (χ3n) is 2.44. The van der Waals surface area contributed by atoms with E-state index in [-0.39, 0.29) is 6.61 Å². The summed E-state index contributed by atoms with van der Waals surface area (Å²) in [6, 6.07) is 8.00. The summed E-state index contributed by atoms with van der Waals surface area (Å²) in [5.41, 5.74) is 2.15. The molecule has 0 atom stereocenters. The Hall–Kier alpha value is -1.33. The average Bonchev–Trinajstić information content (AvgIpc) is 2.84. The monoisotopic (exact) mass is 264 g/mol. The Labute approximate surface area is 110 Å². The van der Waals surface area contributed by atoms with Crippen LogP contribution >= 0.6 is 11.8 Å². The van der Waals surface area contributed by atoms with Gasteiger partial charge in [-0.05, 0) is 31.2 Å². The Kier molecular flexibility index (Phi) is 4.78. The summed E-state index contributed by atoms with van der Waals surface area (Å²) in [5.74, 6) is 2.79. The van der Waals surface area contributed by atoms with Gasteiger partial charge >= 0.3 is 0 Å². The molecule has 4 nitrogen and oxygen atoms in total. The maximum atomic E-state index is 8.67. The lowest BCUT2D eigenvalue weighted by Crippen LogP contribution is -1.87. The Morgan fingerprint density at radius 3 is 2.72 bits per heavy atom. The number of thioether (sulfide) groups is 1. The van der Waals surface area contributed by atoms with Gasteiger partial charge < -0.3 is 9.52 Å². The second-order valence-electron chi connectivity index (χ2n) is 4.00. The maximum absolute atomic E-state index is 8.67. The van der Waals surface area contributed by atoms with Crippen molar-refractivity contribution in [2.24, 2.45) is 0 Å². The number of hydrogen-bond acceptors (Lipinski definition) is 5. The van der Waals surface area contributed by atoms with Crippen molar-refractivity contribution in [3.8, 4) is 11.5 Å². The summed E-state index contributed by atoms with van der Waals surface area (Å²) in [7, 11) is 0. The van der Waals surface area contributed by atoms with Crippen molar-refractivity contribution in [3.05, 3.63) is 35.7 Å². The number of rotatable bonds is 6. The van der Waals surface area contributed by atoms with Gasteiger partial charge in [-0.15, -0.1) is 10.2 Å². The zero-order chi connectivity index (χ0) is 12.8. The van der Waals surface area contributed by atoms with Gasteiger partial charge in [0.2, 0.25) is 11.8 Å². The minimum Gasteiger partial charge on any atom is -0.420 e. The highest BCUT2D eigenvalue weighted by molar-refractivity contribution is 7.98. The third-order valence-corrected chi connectivity index (χ3v) is 3.47. The van der Waals surface area contributed by atoms with Crippen LogP contribution in [0.25, 0.3) is 11.5 Å². The molecule has 0 saturated carbocycles. The molecule has 2 rings (SSSR count). The van der Waals surface area contributed by atoms with Gasteiger partial charge in [0.1, 0.15) is 0 Å². The topological polar surface area (TPSA) is 59.2 Å². The fraction of sp³-hybridized carbons (Fsp3) is 0.385. The van der Waals surface area contributed by atoms with Crippen LogP contribution in [0.3, 0.4) is 0 Å². The van der Waals surface area contributed by atoms with Gasteiger partial charge in [-0.1, -0.05) is 17.7 Å². The Morgan fingerprint density at radius 1 is 1.22 bits per heavy atom. The van der Waals surface area contributed by atoms with Crippen LogP contribution in [-0.2, 0) is 5.75 Å². The normalized spacial score (nSPS) is 10.8. The van der Waals surface area contributed by atoms with Crippen LogP contribution in [0.1, 0.15) is 17.9 Å². The highest BCUT2D eigenvalue weighted by Crippen LogP contribution is 2.20. The molecule has 0 fully saturated rings. The van der Waals surface area contributed by atoms with Gasteiger partial charge in [-0.25, -0.2) is 0 Å². The first-order chi connectivity index (χ1) is 8.79. The summed E-state index contributed by atoms with van der Waals surface area (Å²) >= 11 is 1.69. The molecule has 0 amide bonds. The summed E-state index contributed by atoms with van der Waals surface area (Å²) in [6.07, 6.45) is 0.795. The number of nitrogens with zero attached hydrogens (tertiary/aromatic N) is 2. The van der Waals surface area contributed by atoms with Crippen molar-refractivity contribution in [2.75, 3.05) is 12.4 Å². The van der Waals surface area contributed by atoms with Crippen molar-refractivity contribution in [2.45, 2.75) is 19.1 Å². The van der Waals surface area contributed by atoms with E-state index in [4.69, 9.17) is 9.52 Å².